The van der Waals surface area contributed by atoms with Gasteiger partial charge in [-0.2, -0.15) is 0 Å². The highest BCUT2D eigenvalue weighted by atomic mass is 35.5. The molecule has 1 aromatic carbocycles. The Bertz CT molecular complexity index is 806. The van der Waals surface area contributed by atoms with E-state index >= 15 is 0 Å². The minimum absolute atomic E-state index is 0.182. The standard InChI is InChI=1S/C14H9ClN2OS/c15-9-3-5-12-11(8-9)14(18)17-13(16-12)6-4-10-2-1-7-19-10/h1-8H,(H,16,17,18). The van der Waals surface area contributed by atoms with Crippen molar-refractivity contribution >= 4 is 46.0 Å². The smallest absolute Gasteiger partial charge is 0.259 e. The highest BCUT2D eigenvalue weighted by molar-refractivity contribution is 7.10. The topological polar surface area (TPSA) is 45.8 Å². The number of fused-ring (bicyclic) bond motifs is 1. The number of H-pyrrole nitrogens is 1. The SMILES string of the molecule is O=c1[nH]c(C=Cc2cccs2)nc2ccc(Cl)cc12. The first-order valence-electron chi connectivity index (χ1n) is 5.63. The van der Waals surface area contributed by atoms with Crippen molar-refractivity contribution in [3.05, 3.63) is 61.8 Å². The summed E-state index contributed by atoms with van der Waals surface area (Å²) in [6.07, 6.45) is 3.71. The van der Waals surface area contributed by atoms with E-state index < -0.39 is 0 Å². The highest BCUT2D eigenvalue weighted by Crippen LogP contribution is 2.15. The summed E-state index contributed by atoms with van der Waals surface area (Å²) in [5.74, 6) is 0.535. The number of nitrogens with one attached hydrogen (secondary N) is 1. The zero-order valence-electron chi connectivity index (χ0n) is 9.76. The third-order valence-corrected chi connectivity index (χ3v) is 3.71. The van der Waals surface area contributed by atoms with Crippen molar-refractivity contribution in [1.29, 1.82) is 0 Å². The second kappa shape index (κ2) is 4.99. The molecular weight excluding hydrogens is 280 g/mol. The predicted octanol–water partition coefficient (Wildman–Crippen LogP) is 3.81. The van der Waals surface area contributed by atoms with Crippen molar-refractivity contribution in [3.63, 3.8) is 0 Å². The summed E-state index contributed by atoms with van der Waals surface area (Å²) in [5, 5.41) is 3.03. The monoisotopic (exact) mass is 288 g/mol. The Labute approximate surface area is 118 Å². The fourth-order valence-electron chi connectivity index (χ4n) is 1.76. The van der Waals surface area contributed by atoms with Gasteiger partial charge in [0.15, 0.2) is 0 Å². The minimum Gasteiger partial charge on any atom is -0.306 e. The third-order valence-electron chi connectivity index (χ3n) is 2.63. The van der Waals surface area contributed by atoms with Crippen molar-refractivity contribution in [2.24, 2.45) is 0 Å². The molecule has 0 amide bonds. The lowest BCUT2D eigenvalue weighted by Gasteiger charge is -1.99. The van der Waals surface area contributed by atoms with E-state index in [1.165, 1.54) is 0 Å². The van der Waals surface area contributed by atoms with E-state index in [4.69, 9.17) is 11.6 Å². The fourth-order valence-corrected chi connectivity index (χ4v) is 2.55. The van der Waals surface area contributed by atoms with Crippen LogP contribution in [0.5, 0.6) is 0 Å². The molecule has 0 bridgehead atoms. The number of hydrogen-bond acceptors (Lipinski definition) is 3. The minimum atomic E-state index is -0.182. The van der Waals surface area contributed by atoms with Crippen LogP contribution in [0.4, 0.5) is 0 Å². The molecular formula is C14H9ClN2OS. The van der Waals surface area contributed by atoms with Crippen molar-refractivity contribution in [2.45, 2.75) is 0 Å². The number of hydrogen-bond donors (Lipinski definition) is 1. The molecule has 94 valence electrons. The Morgan fingerprint density at radius 3 is 2.95 bits per heavy atom. The summed E-state index contributed by atoms with van der Waals surface area (Å²) in [7, 11) is 0. The molecule has 3 nitrogen and oxygen atoms in total. The number of halogens is 1. The fraction of sp³-hybridized carbons (Fsp3) is 0. The van der Waals surface area contributed by atoms with Crippen LogP contribution < -0.4 is 5.56 Å². The summed E-state index contributed by atoms with van der Waals surface area (Å²) in [5.41, 5.74) is 0.456. The van der Waals surface area contributed by atoms with Gasteiger partial charge in [0.1, 0.15) is 5.82 Å². The zero-order chi connectivity index (χ0) is 13.2. The van der Waals surface area contributed by atoms with E-state index in [2.05, 4.69) is 9.97 Å². The Balaban J connectivity index is 2.06. The maximum atomic E-state index is 11.9. The second-order valence-corrected chi connectivity index (χ2v) is 5.38. The van der Waals surface area contributed by atoms with Gasteiger partial charge in [0.25, 0.3) is 5.56 Å². The van der Waals surface area contributed by atoms with Crippen LogP contribution in [0.3, 0.4) is 0 Å². The average Bonchev–Trinajstić information content (AvgIpc) is 2.90. The second-order valence-electron chi connectivity index (χ2n) is 3.96. The Morgan fingerprint density at radius 1 is 1.26 bits per heavy atom. The van der Waals surface area contributed by atoms with Crippen molar-refractivity contribution in [3.8, 4) is 0 Å². The normalized spacial score (nSPS) is 11.4. The van der Waals surface area contributed by atoms with Crippen LogP contribution in [0.15, 0.2) is 40.5 Å². The van der Waals surface area contributed by atoms with Crippen LogP contribution in [-0.2, 0) is 0 Å². The molecule has 2 heterocycles. The van der Waals surface area contributed by atoms with Gasteiger partial charge in [0, 0.05) is 9.90 Å². The molecule has 0 aliphatic rings. The van der Waals surface area contributed by atoms with Crippen LogP contribution in [0, 0.1) is 0 Å². The molecule has 0 atom stereocenters. The molecule has 19 heavy (non-hydrogen) atoms. The van der Waals surface area contributed by atoms with E-state index in [0.29, 0.717) is 21.7 Å². The van der Waals surface area contributed by atoms with Crippen molar-refractivity contribution in [1.82, 2.24) is 9.97 Å². The number of rotatable bonds is 2. The molecule has 3 rings (SSSR count). The van der Waals surface area contributed by atoms with Crippen LogP contribution >= 0.6 is 22.9 Å². The Kier molecular flexibility index (Phi) is 3.19. The Morgan fingerprint density at radius 2 is 2.16 bits per heavy atom. The molecule has 5 heteroatoms. The third kappa shape index (κ3) is 2.59. The summed E-state index contributed by atoms with van der Waals surface area (Å²) < 4.78 is 0. The van der Waals surface area contributed by atoms with E-state index in [1.54, 1.807) is 35.6 Å². The van der Waals surface area contributed by atoms with Gasteiger partial charge in [-0.25, -0.2) is 4.98 Å². The molecule has 0 saturated carbocycles. The lowest BCUT2D eigenvalue weighted by Crippen LogP contribution is -2.09. The first-order valence-corrected chi connectivity index (χ1v) is 6.89. The summed E-state index contributed by atoms with van der Waals surface area (Å²) in [6, 6.07) is 9.07. The average molecular weight is 289 g/mol. The molecule has 2 aromatic heterocycles. The molecule has 3 aromatic rings. The number of benzene rings is 1. The number of aromatic nitrogens is 2. The van der Waals surface area contributed by atoms with E-state index in [9.17, 15) is 4.79 Å². The number of nitrogens with zero attached hydrogens (tertiary/aromatic N) is 1. The van der Waals surface area contributed by atoms with Crippen molar-refractivity contribution in [2.75, 3.05) is 0 Å². The summed E-state index contributed by atoms with van der Waals surface area (Å²) in [6.45, 7) is 0. The van der Waals surface area contributed by atoms with Gasteiger partial charge in [-0.15, -0.1) is 11.3 Å². The van der Waals surface area contributed by atoms with Crippen LogP contribution in [-0.4, -0.2) is 9.97 Å². The van der Waals surface area contributed by atoms with Gasteiger partial charge in [0.2, 0.25) is 0 Å². The predicted molar refractivity (Wildman–Crippen MR) is 80.6 cm³/mol. The van der Waals surface area contributed by atoms with E-state index in [0.717, 1.165) is 4.88 Å². The first-order chi connectivity index (χ1) is 9.22. The van der Waals surface area contributed by atoms with Crippen molar-refractivity contribution < 1.29 is 0 Å². The molecule has 0 aliphatic heterocycles. The Hall–Kier alpha value is -1.91. The van der Waals surface area contributed by atoms with E-state index in [-0.39, 0.29) is 5.56 Å². The molecule has 0 aliphatic carbocycles. The van der Waals surface area contributed by atoms with Gasteiger partial charge < -0.3 is 4.98 Å². The van der Waals surface area contributed by atoms with Gasteiger partial charge in [-0.05, 0) is 41.8 Å². The van der Waals surface area contributed by atoms with Crippen LogP contribution in [0.25, 0.3) is 23.1 Å². The lowest BCUT2D eigenvalue weighted by atomic mass is 10.2. The summed E-state index contributed by atoms with van der Waals surface area (Å²) in [4.78, 5) is 20.2. The van der Waals surface area contributed by atoms with Gasteiger partial charge in [-0.1, -0.05) is 17.7 Å². The molecule has 0 saturated heterocycles. The molecule has 0 spiro atoms. The highest BCUT2D eigenvalue weighted by Gasteiger charge is 2.02. The first kappa shape index (κ1) is 12.1. The number of thiophene rings is 1. The lowest BCUT2D eigenvalue weighted by molar-refractivity contribution is 1.14. The summed E-state index contributed by atoms with van der Waals surface area (Å²) >= 11 is 7.49. The van der Waals surface area contributed by atoms with Gasteiger partial charge >= 0.3 is 0 Å². The maximum absolute atomic E-state index is 11.9. The zero-order valence-corrected chi connectivity index (χ0v) is 11.3. The van der Waals surface area contributed by atoms with Crippen LogP contribution in [0.2, 0.25) is 5.02 Å². The maximum Gasteiger partial charge on any atom is 0.259 e. The molecule has 0 radical (unpaired) electrons. The molecule has 1 N–H and O–H groups in total. The van der Waals surface area contributed by atoms with Gasteiger partial charge in [0.05, 0.1) is 10.9 Å². The van der Waals surface area contributed by atoms with Crippen LogP contribution in [0.1, 0.15) is 10.7 Å². The quantitative estimate of drug-likeness (QED) is 0.779. The number of aromatic amines is 1. The molecule has 0 unspecified atom stereocenters. The van der Waals surface area contributed by atoms with E-state index in [1.807, 2.05) is 23.6 Å². The van der Waals surface area contributed by atoms with Gasteiger partial charge in [-0.3, -0.25) is 4.79 Å². The molecule has 0 fully saturated rings. The largest absolute Gasteiger partial charge is 0.306 e.